The second-order valence-electron chi connectivity index (χ2n) is 14.1. The second-order valence-corrected chi connectivity index (χ2v) is 14.1. The van der Waals surface area contributed by atoms with Crippen LogP contribution in [0, 0.1) is 0 Å². The molecule has 0 saturated heterocycles. The quantitative estimate of drug-likeness (QED) is 0.0712. The van der Waals surface area contributed by atoms with Crippen molar-refractivity contribution in [1.82, 2.24) is 9.35 Å². The molecule has 0 aliphatic heterocycles. The van der Waals surface area contributed by atoms with Crippen LogP contribution in [0.2, 0.25) is 0 Å². The molecule has 1 heterocycles. The van der Waals surface area contributed by atoms with Crippen LogP contribution in [0.3, 0.4) is 0 Å². The van der Waals surface area contributed by atoms with Crippen LogP contribution in [-0.2, 0) is 0 Å². The molecule has 0 saturated carbocycles. The van der Waals surface area contributed by atoms with Crippen molar-refractivity contribution in [3.05, 3.63) is 33.1 Å². The Labute approximate surface area is 285 Å². The number of hydrogen-bond donors (Lipinski definition) is 2. The van der Waals surface area contributed by atoms with Gasteiger partial charge in [-0.3, -0.25) is 4.79 Å². The average Bonchev–Trinajstić information content (AvgIpc) is 3.06. The van der Waals surface area contributed by atoms with Gasteiger partial charge in [0.25, 0.3) is 5.56 Å². The molecule has 1 aromatic rings. The van der Waals surface area contributed by atoms with Crippen molar-refractivity contribution in [1.29, 1.82) is 0 Å². The van der Waals surface area contributed by atoms with Gasteiger partial charge >= 0.3 is 5.69 Å². The maximum atomic E-state index is 12.8. The summed E-state index contributed by atoms with van der Waals surface area (Å²) in [6, 6.07) is 1.46. The summed E-state index contributed by atoms with van der Waals surface area (Å²) in [5.41, 5.74) is 5.63. The Hall–Kier alpha value is -1.72. The van der Waals surface area contributed by atoms with E-state index in [0.717, 1.165) is 30.5 Å². The lowest BCUT2D eigenvalue weighted by Gasteiger charge is -2.13. The summed E-state index contributed by atoms with van der Waals surface area (Å²) in [6.07, 6.45) is 44.6. The van der Waals surface area contributed by atoms with Gasteiger partial charge in [0, 0.05) is 25.4 Å². The highest BCUT2D eigenvalue weighted by molar-refractivity contribution is 4.91. The molecule has 0 amide bonds. The van der Waals surface area contributed by atoms with E-state index in [1.54, 1.807) is 6.20 Å². The molecule has 0 aliphatic rings. The van der Waals surface area contributed by atoms with Crippen molar-refractivity contribution in [2.75, 3.05) is 23.9 Å². The highest BCUT2D eigenvalue weighted by Gasteiger charge is 2.04. The molecule has 1 rings (SSSR count). The molecular weight excluding hydrogens is 568 g/mol. The highest BCUT2D eigenvalue weighted by atomic mass is 16.2. The second kappa shape index (κ2) is 33.2. The van der Waals surface area contributed by atoms with Crippen LogP contribution in [0.5, 0.6) is 0 Å². The Morgan fingerprint density at radius 1 is 0.413 bits per heavy atom. The van der Waals surface area contributed by atoms with Gasteiger partial charge in [-0.05, 0) is 12.8 Å². The largest absolute Gasteiger partial charge is 0.368 e. The first-order chi connectivity index (χ1) is 22.7. The average molecular weight is 647 g/mol. The summed E-state index contributed by atoms with van der Waals surface area (Å²) >= 11 is 0. The van der Waals surface area contributed by atoms with Gasteiger partial charge in [-0.1, -0.05) is 206 Å². The number of aromatic nitrogens is 2. The maximum absolute atomic E-state index is 12.8. The molecule has 270 valence electrons. The standard InChI is InChI=1S/C40H78N4O2/c1-3-5-7-9-11-13-15-17-19-21-23-25-27-29-31-33-36-41-43-38-35-39(45)44(40(43)46)42-37-34-32-30-28-26-24-22-20-18-16-14-12-10-8-6-4-2/h35,38,41-42H,3-34,36-37H2,1-2H3. The summed E-state index contributed by atoms with van der Waals surface area (Å²) < 4.78 is 2.61. The predicted molar refractivity (Wildman–Crippen MR) is 203 cm³/mol. The van der Waals surface area contributed by atoms with E-state index in [1.165, 1.54) is 197 Å². The molecule has 0 spiro atoms. The van der Waals surface area contributed by atoms with Crippen LogP contribution in [0.15, 0.2) is 21.9 Å². The summed E-state index contributed by atoms with van der Waals surface area (Å²) in [5, 5.41) is 0. The van der Waals surface area contributed by atoms with Crippen molar-refractivity contribution in [2.24, 2.45) is 0 Å². The Morgan fingerprint density at radius 3 is 1.02 bits per heavy atom. The lowest BCUT2D eigenvalue weighted by molar-refractivity contribution is 0.528. The van der Waals surface area contributed by atoms with Crippen LogP contribution >= 0.6 is 0 Å². The number of nitrogens with zero attached hydrogens (tertiary/aromatic N) is 2. The summed E-state index contributed by atoms with van der Waals surface area (Å²) in [5.74, 6) is 0. The molecular formula is C40H78N4O2. The number of rotatable bonds is 36. The monoisotopic (exact) mass is 647 g/mol. The van der Waals surface area contributed by atoms with E-state index in [2.05, 4.69) is 24.7 Å². The molecule has 0 fully saturated rings. The van der Waals surface area contributed by atoms with Crippen molar-refractivity contribution < 1.29 is 0 Å². The first-order valence-electron chi connectivity index (χ1n) is 20.5. The van der Waals surface area contributed by atoms with Crippen LogP contribution in [-0.4, -0.2) is 22.4 Å². The van der Waals surface area contributed by atoms with E-state index in [-0.39, 0.29) is 11.2 Å². The lowest BCUT2D eigenvalue weighted by atomic mass is 10.0. The van der Waals surface area contributed by atoms with Gasteiger partial charge in [0.05, 0.1) is 0 Å². The van der Waals surface area contributed by atoms with E-state index >= 15 is 0 Å². The van der Waals surface area contributed by atoms with E-state index < -0.39 is 0 Å². The molecule has 0 unspecified atom stereocenters. The Bertz CT molecular complexity index is 881. The van der Waals surface area contributed by atoms with Gasteiger partial charge in [0.1, 0.15) is 0 Å². The fourth-order valence-electron chi connectivity index (χ4n) is 6.48. The molecule has 0 atom stereocenters. The van der Waals surface area contributed by atoms with Crippen LogP contribution < -0.4 is 22.1 Å². The SMILES string of the molecule is CCCCCCCCCCCCCCCCCCNn1ccc(=O)n(NCCCCCCCCCCCCCCCCCC)c1=O. The van der Waals surface area contributed by atoms with Gasteiger partial charge in [-0.2, -0.15) is 4.68 Å². The van der Waals surface area contributed by atoms with Gasteiger partial charge in [-0.15, -0.1) is 0 Å². The smallest absolute Gasteiger partial charge is 0.322 e. The zero-order valence-corrected chi connectivity index (χ0v) is 30.9. The van der Waals surface area contributed by atoms with Gasteiger partial charge < -0.3 is 10.9 Å². The number of unbranched alkanes of at least 4 members (excludes halogenated alkanes) is 30. The van der Waals surface area contributed by atoms with Crippen molar-refractivity contribution in [3.63, 3.8) is 0 Å². The van der Waals surface area contributed by atoms with E-state index in [9.17, 15) is 9.59 Å². The molecule has 46 heavy (non-hydrogen) atoms. The minimum absolute atomic E-state index is 0.290. The fourth-order valence-corrected chi connectivity index (χ4v) is 6.48. The third-order valence-corrected chi connectivity index (χ3v) is 9.60. The van der Waals surface area contributed by atoms with E-state index in [1.807, 2.05) is 0 Å². The van der Waals surface area contributed by atoms with Crippen molar-refractivity contribution in [2.45, 2.75) is 219 Å². The third-order valence-electron chi connectivity index (χ3n) is 9.60. The molecule has 2 N–H and O–H groups in total. The van der Waals surface area contributed by atoms with Crippen LogP contribution in [0.1, 0.15) is 219 Å². The summed E-state index contributed by atoms with van der Waals surface area (Å²) in [6.45, 7) is 5.96. The zero-order chi connectivity index (χ0) is 33.2. The third kappa shape index (κ3) is 25.4. The normalized spacial score (nSPS) is 11.3. The molecule has 0 bridgehead atoms. The van der Waals surface area contributed by atoms with E-state index in [0.29, 0.717) is 6.54 Å². The Morgan fingerprint density at radius 2 is 0.696 bits per heavy atom. The fraction of sp³-hybridized carbons (Fsp3) is 0.900. The minimum atomic E-state index is -0.333. The molecule has 6 heteroatoms. The molecule has 1 aromatic heterocycles. The van der Waals surface area contributed by atoms with Crippen LogP contribution in [0.4, 0.5) is 0 Å². The Balaban J connectivity index is 1.97. The molecule has 0 radical (unpaired) electrons. The predicted octanol–water partition coefficient (Wildman–Crippen LogP) is 11.6. The zero-order valence-electron chi connectivity index (χ0n) is 30.9. The first kappa shape index (κ1) is 42.3. The van der Waals surface area contributed by atoms with E-state index in [4.69, 9.17) is 0 Å². The van der Waals surface area contributed by atoms with Crippen molar-refractivity contribution in [3.8, 4) is 0 Å². The van der Waals surface area contributed by atoms with Crippen LogP contribution in [0.25, 0.3) is 0 Å². The highest BCUT2D eigenvalue weighted by Crippen LogP contribution is 2.15. The van der Waals surface area contributed by atoms with Gasteiger partial charge in [-0.25, -0.2) is 9.47 Å². The number of hydrogen-bond acceptors (Lipinski definition) is 4. The number of nitrogens with one attached hydrogen (secondary N) is 2. The molecule has 0 aliphatic carbocycles. The topological polar surface area (TPSA) is 68.1 Å². The summed E-state index contributed by atoms with van der Waals surface area (Å²) in [7, 11) is 0. The van der Waals surface area contributed by atoms with Gasteiger partial charge in [0.2, 0.25) is 0 Å². The molecule has 6 nitrogen and oxygen atoms in total. The minimum Gasteiger partial charge on any atom is -0.322 e. The summed E-state index contributed by atoms with van der Waals surface area (Å²) in [4.78, 5) is 25.1. The maximum Gasteiger partial charge on any atom is 0.368 e. The Kier molecular flexibility index (Phi) is 30.5. The molecule has 0 aromatic carbocycles. The first-order valence-corrected chi connectivity index (χ1v) is 20.5. The van der Waals surface area contributed by atoms with Crippen molar-refractivity contribution >= 4 is 0 Å². The lowest BCUT2D eigenvalue weighted by Crippen LogP contribution is -2.46. The van der Waals surface area contributed by atoms with Gasteiger partial charge in [0.15, 0.2) is 0 Å².